The standard InChI is InChI=1S/C22H27ClN2O4/c1-21(2,3)29-20(27)25-13-22(8-9-22)14-28-17-10-18(19(23)24-11-17)16-6-4-15(12-26)5-7-16/h4-7,10-11,26H,8-9,12-14H2,1-3H3,(H,25,27). The van der Waals surface area contributed by atoms with Crippen LogP contribution >= 0.6 is 11.6 Å². The van der Waals surface area contributed by atoms with Gasteiger partial charge >= 0.3 is 6.09 Å². The zero-order chi connectivity index (χ0) is 21.1. The molecule has 0 saturated heterocycles. The molecular formula is C22H27ClN2O4. The van der Waals surface area contributed by atoms with Gasteiger partial charge in [0.15, 0.2) is 0 Å². The monoisotopic (exact) mass is 418 g/mol. The highest BCUT2D eigenvalue weighted by Gasteiger charge is 2.44. The molecule has 1 aliphatic carbocycles. The highest BCUT2D eigenvalue weighted by atomic mass is 35.5. The highest BCUT2D eigenvalue weighted by molar-refractivity contribution is 6.32. The zero-order valence-electron chi connectivity index (χ0n) is 17.0. The molecule has 1 aliphatic rings. The van der Waals surface area contributed by atoms with E-state index in [1.54, 1.807) is 6.20 Å². The molecule has 7 heteroatoms. The van der Waals surface area contributed by atoms with Gasteiger partial charge in [-0.25, -0.2) is 9.78 Å². The topological polar surface area (TPSA) is 80.7 Å². The van der Waals surface area contributed by atoms with Crippen LogP contribution in [0.1, 0.15) is 39.2 Å². The van der Waals surface area contributed by atoms with E-state index in [9.17, 15) is 9.90 Å². The maximum atomic E-state index is 11.9. The van der Waals surface area contributed by atoms with Crippen molar-refractivity contribution in [3.63, 3.8) is 0 Å². The summed E-state index contributed by atoms with van der Waals surface area (Å²) in [6.07, 6.45) is 3.16. The molecular weight excluding hydrogens is 392 g/mol. The fourth-order valence-electron chi connectivity index (χ4n) is 2.86. The van der Waals surface area contributed by atoms with E-state index < -0.39 is 11.7 Å². The summed E-state index contributed by atoms with van der Waals surface area (Å²) in [7, 11) is 0. The number of nitrogens with zero attached hydrogens (tertiary/aromatic N) is 1. The van der Waals surface area contributed by atoms with Crippen molar-refractivity contribution in [3.8, 4) is 16.9 Å². The maximum Gasteiger partial charge on any atom is 0.407 e. The fraction of sp³-hybridized carbons (Fsp3) is 0.455. The summed E-state index contributed by atoms with van der Waals surface area (Å²) in [4.78, 5) is 16.1. The van der Waals surface area contributed by atoms with Gasteiger partial charge in [-0.05, 0) is 50.8 Å². The van der Waals surface area contributed by atoms with E-state index in [1.807, 2.05) is 51.1 Å². The molecule has 0 atom stereocenters. The third kappa shape index (κ3) is 6.08. The van der Waals surface area contributed by atoms with Gasteiger partial charge in [-0.2, -0.15) is 0 Å². The van der Waals surface area contributed by atoms with Crippen molar-refractivity contribution >= 4 is 17.7 Å². The van der Waals surface area contributed by atoms with Crippen LogP contribution in [-0.4, -0.2) is 34.9 Å². The number of halogens is 1. The summed E-state index contributed by atoms with van der Waals surface area (Å²) in [6.45, 7) is 6.50. The third-order valence-electron chi connectivity index (χ3n) is 4.77. The lowest BCUT2D eigenvalue weighted by Gasteiger charge is -2.22. The van der Waals surface area contributed by atoms with Gasteiger partial charge in [0, 0.05) is 17.5 Å². The number of amides is 1. The summed E-state index contributed by atoms with van der Waals surface area (Å²) in [5.41, 5.74) is 1.92. The second-order valence-electron chi connectivity index (χ2n) is 8.51. The van der Waals surface area contributed by atoms with Crippen LogP contribution in [0, 0.1) is 5.41 Å². The van der Waals surface area contributed by atoms with Crippen LogP contribution in [0.5, 0.6) is 5.75 Å². The number of carbonyl (C=O) groups excluding carboxylic acids is 1. The number of benzene rings is 1. The smallest absolute Gasteiger partial charge is 0.407 e. The maximum absolute atomic E-state index is 11.9. The van der Waals surface area contributed by atoms with Crippen LogP contribution in [0.2, 0.25) is 5.15 Å². The van der Waals surface area contributed by atoms with Crippen molar-refractivity contribution in [2.75, 3.05) is 13.2 Å². The molecule has 0 aliphatic heterocycles. The van der Waals surface area contributed by atoms with E-state index >= 15 is 0 Å². The Labute approximate surface area is 176 Å². The van der Waals surface area contributed by atoms with Gasteiger partial charge in [0.2, 0.25) is 0 Å². The van der Waals surface area contributed by atoms with Crippen molar-refractivity contribution in [1.29, 1.82) is 0 Å². The number of aliphatic hydroxyl groups is 1. The van der Waals surface area contributed by atoms with Crippen LogP contribution in [-0.2, 0) is 11.3 Å². The molecule has 1 aromatic carbocycles. The Morgan fingerprint density at radius 1 is 1.28 bits per heavy atom. The lowest BCUT2D eigenvalue weighted by Crippen LogP contribution is -2.37. The quantitative estimate of drug-likeness (QED) is 0.643. The number of aliphatic hydroxyl groups excluding tert-OH is 1. The predicted octanol–water partition coefficient (Wildman–Crippen LogP) is 4.58. The molecule has 0 unspecified atom stereocenters. The van der Waals surface area contributed by atoms with Gasteiger partial charge in [-0.1, -0.05) is 35.9 Å². The van der Waals surface area contributed by atoms with E-state index in [1.165, 1.54) is 0 Å². The molecule has 3 rings (SSSR count). The number of pyridine rings is 1. The summed E-state index contributed by atoms with van der Waals surface area (Å²) >= 11 is 6.27. The number of rotatable bonds is 7. The normalized spacial score (nSPS) is 14.9. The summed E-state index contributed by atoms with van der Waals surface area (Å²) in [6, 6.07) is 9.35. The molecule has 0 spiro atoms. The molecule has 2 aromatic rings. The Morgan fingerprint density at radius 3 is 2.55 bits per heavy atom. The first-order chi connectivity index (χ1) is 13.7. The van der Waals surface area contributed by atoms with Gasteiger partial charge in [-0.15, -0.1) is 0 Å². The van der Waals surface area contributed by atoms with Gasteiger partial charge < -0.3 is 19.9 Å². The number of nitrogens with one attached hydrogen (secondary N) is 1. The van der Waals surface area contributed by atoms with Crippen LogP contribution in [0.3, 0.4) is 0 Å². The summed E-state index contributed by atoms with van der Waals surface area (Å²) < 4.78 is 11.3. The van der Waals surface area contributed by atoms with Crippen LogP contribution in [0.15, 0.2) is 36.5 Å². The second kappa shape index (κ2) is 8.59. The molecule has 6 nitrogen and oxygen atoms in total. The first kappa shape index (κ1) is 21.4. The van der Waals surface area contributed by atoms with E-state index in [4.69, 9.17) is 21.1 Å². The van der Waals surface area contributed by atoms with E-state index in [0.717, 1.165) is 29.5 Å². The van der Waals surface area contributed by atoms with Gasteiger partial charge in [0.25, 0.3) is 0 Å². The number of alkyl carbamates (subject to hydrolysis) is 1. The molecule has 1 fully saturated rings. The lowest BCUT2D eigenvalue weighted by molar-refractivity contribution is 0.0509. The molecule has 2 N–H and O–H groups in total. The first-order valence-electron chi connectivity index (χ1n) is 9.65. The number of hydrogen-bond acceptors (Lipinski definition) is 5. The minimum atomic E-state index is -0.516. The van der Waals surface area contributed by atoms with Crippen molar-refractivity contribution in [1.82, 2.24) is 10.3 Å². The second-order valence-corrected chi connectivity index (χ2v) is 8.87. The molecule has 0 radical (unpaired) electrons. The Kier molecular flexibility index (Phi) is 6.34. The van der Waals surface area contributed by atoms with Crippen LogP contribution in [0.4, 0.5) is 4.79 Å². The Bertz CT molecular complexity index is 858. The molecule has 1 heterocycles. The number of ether oxygens (including phenoxy) is 2. The third-order valence-corrected chi connectivity index (χ3v) is 5.07. The van der Waals surface area contributed by atoms with Crippen molar-refractivity contribution in [2.45, 2.75) is 45.8 Å². The Morgan fingerprint density at radius 2 is 1.97 bits per heavy atom. The molecule has 1 aromatic heterocycles. The molecule has 1 amide bonds. The lowest BCUT2D eigenvalue weighted by atomic mass is 10.1. The predicted molar refractivity (Wildman–Crippen MR) is 112 cm³/mol. The zero-order valence-corrected chi connectivity index (χ0v) is 17.8. The fourth-order valence-corrected chi connectivity index (χ4v) is 3.07. The van der Waals surface area contributed by atoms with Gasteiger partial charge in [0.1, 0.15) is 16.5 Å². The van der Waals surface area contributed by atoms with Gasteiger partial charge in [-0.3, -0.25) is 0 Å². The van der Waals surface area contributed by atoms with Crippen molar-refractivity contribution < 1.29 is 19.4 Å². The summed E-state index contributed by atoms with van der Waals surface area (Å²) in [5.74, 6) is 0.624. The summed E-state index contributed by atoms with van der Waals surface area (Å²) in [5, 5.41) is 12.4. The molecule has 29 heavy (non-hydrogen) atoms. The molecule has 1 saturated carbocycles. The first-order valence-corrected chi connectivity index (χ1v) is 10.0. The van der Waals surface area contributed by atoms with E-state index in [0.29, 0.717) is 24.1 Å². The Balaban J connectivity index is 1.60. The Hall–Kier alpha value is -2.31. The van der Waals surface area contributed by atoms with Gasteiger partial charge in [0.05, 0.1) is 19.4 Å². The number of carbonyl (C=O) groups is 1. The van der Waals surface area contributed by atoms with Crippen molar-refractivity contribution in [2.24, 2.45) is 5.41 Å². The minimum Gasteiger partial charge on any atom is -0.491 e. The minimum absolute atomic E-state index is 0.00513. The molecule has 156 valence electrons. The van der Waals surface area contributed by atoms with E-state index in [2.05, 4.69) is 10.3 Å². The average Bonchev–Trinajstić information content (AvgIpc) is 3.45. The van der Waals surface area contributed by atoms with Crippen molar-refractivity contribution in [3.05, 3.63) is 47.2 Å². The van der Waals surface area contributed by atoms with Crippen LogP contribution < -0.4 is 10.1 Å². The average molecular weight is 419 g/mol. The number of hydrogen-bond donors (Lipinski definition) is 2. The van der Waals surface area contributed by atoms with Crippen LogP contribution in [0.25, 0.3) is 11.1 Å². The largest absolute Gasteiger partial charge is 0.491 e. The van der Waals surface area contributed by atoms with E-state index in [-0.39, 0.29) is 12.0 Å². The highest BCUT2D eigenvalue weighted by Crippen LogP contribution is 2.45. The number of aromatic nitrogens is 1. The molecule has 0 bridgehead atoms. The SMILES string of the molecule is CC(C)(C)OC(=O)NCC1(COc2cnc(Cl)c(-c3ccc(CO)cc3)c2)CC1.